The molecule has 1 amide bonds. The molecular weight excluding hydrogens is 340 g/mol. The molecule has 0 saturated heterocycles. The van der Waals surface area contributed by atoms with Crippen LogP contribution in [0.2, 0.25) is 5.02 Å². The highest BCUT2D eigenvalue weighted by Gasteiger charge is 2.18. The minimum Gasteiger partial charge on any atom is -0.351 e. The largest absolute Gasteiger partial charge is 0.351 e. The Kier molecular flexibility index (Phi) is 10.6. The van der Waals surface area contributed by atoms with E-state index in [2.05, 4.69) is 10.6 Å². The maximum absolute atomic E-state index is 11.9. The first-order chi connectivity index (χ1) is 11.9. The number of benzene rings is 1. The average molecular weight is 369 g/mol. The second-order valence-corrected chi connectivity index (χ2v) is 5.11. The first-order valence-corrected chi connectivity index (χ1v) is 8.74. The lowest BCUT2D eigenvalue weighted by molar-refractivity contribution is 0.0780. The first kappa shape index (κ1) is 22.9. The van der Waals surface area contributed by atoms with E-state index in [1.807, 2.05) is 65.7 Å². The minimum absolute atomic E-state index is 0.148. The van der Waals surface area contributed by atoms with Crippen molar-refractivity contribution in [2.24, 2.45) is 0 Å². The van der Waals surface area contributed by atoms with Crippen molar-refractivity contribution >= 4 is 23.2 Å². The summed E-state index contributed by atoms with van der Waals surface area (Å²) in [4.78, 5) is 11.9. The molecule has 2 rings (SSSR count). The lowest BCUT2D eigenvalue weighted by Crippen LogP contribution is -2.49. The molecule has 6 nitrogen and oxygen atoms in total. The van der Waals surface area contributed by atoms with Gasteiger partial charge in [0.1, 0.15) is 0 Å². The summed E-state index contributed by atoms with van der Waals surface area (Å²) < 4.78 is 4.82. The molecule has 1 heterocycles. The average Bonchev–Trinajstić information content (AvgIpc) is 3.16. The van der Waals surface area contributed by atoms with Crippen molar-refractivity contribution in [3.05, 3.63) is 46.3 Å². The van der Waals surface area contributed by atoms with Gasteiger partial charge in [0.2, 0.25) is 5.76 Å². The van der Waals surface area contributed by atoms with Crippen LogP contribution < -0.4 is 10.4 Å². The van der Waals surface area contributed by atoms with Gasteiger partial charge in [-0.2, -0.15) is 0 Å². The van der Waals surface area contributed by atoms with Crippen LogP contribution in [0.25, 0.3) is 0 Å². The molecule has 140 valence electrons. The quantitative estimate of drug-likeness (QED) is 0.797. The van der Waals surface area contributed by atoms with E-state index >= 15 is 0 Å². The van der Waals surface area contributed by atoms with Gasteiger partial charge in [-0.25, -0.2) is 0 Å². The zero-order valence-corrected chi connectivity index (χ0v) is 17.1. The van der Waals surface area contributed by atoms with E-state index in [0.29, 0.717) is 5.02 Å². The Balaban J connectivity index is 0.00000134. The second-order valence-electron chi connectivity index (χ2n) is 4.70. The maximum Gasteiger partial charge on any atom is 0.305 e. The van der Waals surface area contributed by atoms with Gasteiger partial charge in [0.15, 0.2) is 0 Å². The molecule has 0 atom stereocenters. The van der Waals surface area contributed by atoms with Crippen LogP contribution in [0, 0.1) is 13.8 Å². The van der Waals surface area contributed by atoms with Crippen molar-refractivity contribution in [3.8, 4) is 0 Å². The van der Waals surface area contributed by atoms with E-state index in [1.165, 1.54) is 12.3 Å². The Bertz CT molecular complexity index is 645. The summed E-state index contributed by atoms with van der Waals surface area (Å²) in [5, 5.41) is 7.56. The molecule has 1 aromatic carbocycles. The Morgan fingerprint density at radius 1 is 1.12 bits per heavy atom. The summed E-state index contributed by atoms with van der Waals surface area (Å²) in [6.45, 7) is 11.9. The highest BCUT2D eigenvalue weighted by molar-refractivity contribution is 6.31. The lowest BCUT2D eigenvalue weighted by atomic mass is 10.1. The molecule has 7 heteroatoms. The fraction of sp³-hybridized carbons (Fsp3) is 0.444. The zero-order valence-electron chi connectivity index (χ0n) is 16.3. The molecule has 0 aliphatic heterocycles. The standard InChI is InChI=1S/C14H17ClN4O2.2C2H6/c1-9-5-6-11(15)10(2)13(9)18(3)19(4)17-14(20)12-7-8-16-21-12;2*1-2/h5-8H,1-4H3,(H,17,20);2*1-2H3. The number of carbonyl (C=O) groups excluding carboxylic acids is 1. The maximum atomic E-state index is 11.9. The predicted octanol–water partition coefficient (Wildman–Crippen LogP) is 4.63. The monoisotopic (exact) mass is 368 g/mol. The molecule has 25 heavy (non-hydrogen) atoms. The third-order valence-electron chi connectivity index (χ3n) is 3.27. The fourth-order valence-electron chi connectivity index (χ4n) is 2.07. The zero-order chi connectivity index (χ0) is 19.6. The lowest BCUT2D eigenvalue weighted by Gasteiger charge is -2.32. The SMILES string of the molecule is CC.CC.Cc1ccc(Cl)c(C)c1N(C)N(C)NC(=O)c1ccno1. The fourth-order valence-corrected chi connectivity index (χ4v) is 2.22. The molecule has 0 fully saturated rings. The summed E-state index contributed by atoms with van der Waals surface area (Å²) in [7, 11) is 3.57. The van der Waals surface area contributed by atoms with E-state index in [4.69, 9.17) is 16.1 Å². The van der Waals surface area contributed by atoms with Crippen LogP contribution in [0.5, 0.6) is 0 Å². The van der Waals surface area contributed by atoms with Gasteiger partial charge < -0.3 is 4.52 Å². The van der Waals surface area contributed by atoms with Crippen molar-refractivity contribution in [2.75, 3.05) is 19.1 Å². The Labute approximate surface area is 155 Å². The van der Waals surface area contributed by atoms with Crippen LogP contribution >= 0.6 is 11.6 Å². The van der Waals surface area contributed by atoms with Gasteiger partial charge in [-0.3, -0.25) is 15.2 Å². The van der Waals surface area contributed by atoms with E-state index in [-0.39, 0.29) is 11.7 Å². The number of nitrogens with one attached hydrogen (secondary N) is 1. The molecule has 0 aliphatic carbocycles. The molecule has 2 aromatic rings. The molecule has 1 N–H and O–H groups in total. The van der Waals surface area contributed by atoms with E-state index < -0.39 is 0 Å². The number of halogens is 1. The van der Waals surface area contributed by atoms with Gasteiger partial charge in [-0.1, -0.05) is 50.5 Å². The number of nitrogens with zero attached hydrogens (tertiary/aromatic N) is 3. The summed E-state index contributed by atoms with van der Waals surface area (Å²) in [6.07, 6.45) is 1.42. The number of anilines is 1. The van der Waals surface area contributed by atoms with Gasteiger partial charge in [0.05, 0.1) is 11.9 Å². The molecule has 0 bridgehead atoms. The number of hydrazine groups is 2. The van der Waals surface area contributed by atoms with Crippen LogP contribution in [-0.4, -0.2) is 30.3 Å². The molecule has 0 unspecified atom stereocenters. The molecule has 0 aliphatic rings. The van der Waals surface area contributed by atoms with Crippen molar-refractivity contribution in [1.82, 2.24) is 15.7 Å². The van der Waals surface area contributed by atoms with Crippen molar-refractivity contribution in [3.63, 3.8) is 0 Å². The predicted molar refractivity (Wildman–Crippen MR) is 104 cm³/mol. The summed E-state index contributed by atoms with van der Waals surface area (Å²) in [6, 6.07) is 5.29. The second kappa shape index (κ2) is 11.5. The Morgan fingerprint density at radius 3 is 2.24 bits per heavy atom. The van der Waals surface area contributed by atoms with Gasteiger partial charge in [0, 0.05) is 25.2 Å². The number of aryl methyl sites for hydroxylation is 1. The van der Waals surface area contributed by atoms with Crippen molar-refractivity contribution in [1.29, 1.82) is 0 Å². The number of hydrogen-bond acceptors (Lipinski definition) is 5. The van der Waals surface area contributed by atoms with Gasteiger partial charge in [-0.05, 0) is 31.0 Å². The topological polar surface area (TPSA) is 61.6 Å². The number of rotatable bonds is 4. The van der Waals surface area contributed by atoms with Crippen LogP contribution in [0.3, 0.4) is 0 Å². The third-order valence-corrected chi connectivity index (χ3v) is 3.67. The summed E-state index contributed by atoms with van der Waals surface area (Å²) in [5.41, 5.74) is 5.63. The van der Waals surface area contributed by atoms with Gasteiger partial charge in [0.25, 0.3) is 0 Å². The smallest absolute Gasteiger partial charge is 0.305 e. The van der Waals surface area contributed by atoms with Gasteiger partial charge >= 0.3 is 5.91 Å². The van der Waals surface area contributed by atoms with Gasteiger partial charge in [-0.15, -0.1) is 5.12 Å². The highest BCUT2D eigenvalue weighted by atomic mass is 35.5. The van der Waals surface area contributed by atoms with E-state index in [0.717, 1.165) is 16.8 Å². The third kappa shape index (κ3) is 6.07. The molecular formula is C18H29ClN4O2. The van der Waals surface area contributed by atoms with Crippen LogP contribution in [-0.2, 0) is 0 Å². The molecule has 0 spiro atoms. The highest BCUT2D eigenvalue weighted by Crippen LogP contribution is 2.29. The van der Waals surface area contributed by atoms with E-state index in [9.17, 15) is 4.79 Å². The van der Waals surface area contributed by atoms with Crippen molar-refractivity contribution in [2.45, 2.75) is 41.5 Å². The van der Waals surface area contributed by atoms with Crippen LogP contribution in [0.15, 0.2) is 28.9 Å². The van der Waals surface area contributed by atoms with Crippen LogP contribution in [0.1, 0.15) is 49.4 Å². The number of carbonyl (C=O) groups is 1. The Morgan fingerprint density at radius 2 is 1.72 bits per heavy atom. The summed E-state index contributed by atoms with van der Waals surface area (Å²) >= 11 is 6.17. The van der Waals surface area contributed by atoms with E-state index in [1.54, 1.807) is 12.2 Å². The van der Waals surface area contributed by atoms with Crippen LogP contribution in [0.4, 0.5) is 5.69 Å². The molecule has 1 aromatic heterocycles. The molecule has 0 saturated carbocycles. The number of amides is 1. The summed E-state index contributed by atoms with van der Waals surface area (Å²) in [5.74, 6) is -0.228. The number of hydrogen-bond donors (Lipinski definition) is 1. The first-order valence-electron chi connectivity index (χ1n) is 8.36. The number of aromatic nitrogens is 1. The molecule has 0 radical (unpaired) electrons. The van der Waals surface area contributed by atoms with Crippen molar-refractivity contribution < 1.29 is 9.32 Å². The normalized spacial score (nSPS) is 9.52. The minimum atomic E-state index is -0.376. The Hall–Kier alpha value is -2.05.